The van der Waals surface area contributed by atoms with Crippen LogP contribution in [0.4, 0.5) is 0 Å². The van der Waals surface area contributed by atoms with E-state index in [-0.39, 0.29) is 31.3 Å². The van der Waals surface area contributed by atoms with E-state index in [2.05, 4.69) is 20.9 Å². The van der Waals surface area contributed by atoms with Crippen molar-refractivity contribution in [3.05, 3.63) is 35.9 Å². The van der Waals surface area contributed by atoms with Gasteiger partial charge < -0.3 is 38.9 Å². The molecule has 0 saturated heterocycles. The summed E-state index contributed by atoms with van der Waals surface area (Å²) < 4.78 is 0. The normalized spacial score (nSPS) is 16.7. The Balaban J connectivity index is 2.18. The quantitative estimate of drug-likeness (QED) is 0.0873. The molecule has 12 nitrogen and oxygen atoms in total. The van der Waals surface area contributed by atoms with E-state index in [1.807, 2.05) is 30.3 Å². The van der Waals surface area contributed by atoms with Gasteiger partial charge in [0.1, 0.15) is 18.1 Å². The Morgan fingerprint density at radius 2 is 1.46 bits per heavy atom. The fourth-order valence-corrected chi connectivity index (χ4v) is 4.68. The first-order valence-corrected chi connectivity index (χ1v) is 13.6. The molecular weight excluding hydrogens is 500 g/mol. The van der Waals surface area contributed by atoms with E-state index in [4.69, 9.17) is 22.9 Å². The highest BCUT2D eigenvalue weighted by Crippen LogP contribution is 2.27. The number of benzene rings is 1. The van der Waals surface area contributed by atoms with Crippen LogP contribution in [0.1, 0.15) is 63.9 Å². The lowest BCUT2D eigenvalue weighted by Crippen LogP contribution is -2.58. The van der Waals surface area contributed by atoms with Gasteiger partial charge in [-0.15, -0.1) is 0 Å². The van der Waals surface area contributed by atoms with E-state index in [0.29, 0.717) is 12.8 Å². The molecule has 11 N–H and O–H groups in total. The maximum absolute atomic E-state index is 13.4. The minimum atomic E-state index is -1.01. The summed E-state index contributed by atoms with van der Waals surface area (Å²) in [4.78, 5) is 55.3. The van der Waals surface area contributed by atoms with Gasteiger partial charge in [-0.1, -0.05) is 62.4 Å². The van der Waals surface area contributed by atoms with Crippen molar-refractivity contribution in [2.24, 2.45) is 33.8 Å². The van der Waals surface area contributed by atoms with Crippen LogP contribution in [-0.4, -0.2) is 60.3 Å². The molecule has 0 heterocycles. The van der Waals surface area contributed by atoms with Crippen molar-refractivity contribution in [3.8, 4) is 0 Å². The van der Waals surface area contributed by atoms with Gasteiger partial charge in [0.05, 0.1) is 6.04 Å². The van der Waals surface area contributed by atoms with Crippen LogP contribution in [0.3, 0.4) is 0 Å². The average Bonchev–Trinajstić information content (AvgIpc) is 2.90. The van der Waals surface area contributed by atoms with E-state index < -0.39 is 47.8 Å². The molecular formula is C27H44N8O4. The number of rotatable bonds is 15. The van der Waals surface area contributed by atoms with Gasteiger partial charge in [0.15, 0.2) is 5.96 Å². The number of nitrogens with zero attached hydrogens (tertiary/aromatic N) is 1. The molecule has 39 heavy (non-hydrogen) atoms. The first-order valence-electron chi connectivity index (χ1n) is 13.6. The summed E-state index contributed by atoms with van der Waals surface area (Å²) in [5.41, 5.74) is 22.9. The number of carbonyl (C=O) groups is 4. The topological polar surface area (TPSA) is 221 Å². The molecule has 1 aliphatic carbocycles. The Bertz CT molecular complexity index is 975. The summed E-state index contributed by atoms with van der Waals surface area (Å²) in [7, 11) is 0. The first-order chi connectivity index (χ1) is 18.6. The van der Waals surface area contributed by atoms with Crippen molar-refractivity contribution in [2.75, 3.05) is 6.54 Å². The Hall–Kier alpha value is -3.67. The Kier molecular flexibility index (Phi) is 13.2. The van der Waals surface area contributed by atoms with E-state index in [9.17, 15) is 19.2 Å². The predicted molar refractivity (Wildman–Crippen MR) is 150 cm³/mol. The number of primary amides is 1. The van der Waals surface area contributed by atoms with Gasteiger partial charge in [-0.3, -0.25) is 24.2 Å². The highest BCUT2D eigenvalue weighted by molar-refractivity contribution is 5.94. The third-order valence-corrected chi connectivity index (χ3v) is 6.86. The maximum atomic E-state index is 13.4. The first kappa shape index (κ1) is 31.5. The van der Waals surface area contributed by atoms with Gasteiger partial charge in [0.25, 0.3) is 0 Å². The van der Waals surface area contributed by atoms with Gasteiger partial charge >= 0.3 is 0 Å². The second kappa shape index (κ2) is 16.3. The summed E-state index contributed by atoms with van der Waals surface area (Å²) in [5.74, 6) is -2.00. The molecule has 0 bridgehead atoms. The van der Waals surface area contributed by atoms with E-state index in [1.165, 1.54) is 0 Å². The van der Waals surface area contributed by atoms with Crippen molar-refractivity contribution in [3.63, 3.8) is 0 Å². The van der Waals surface area contributed by atoms with Crippen LogP contribution in [-0.2, 0) is 25.6 Å². The molecule has 2 rings (SSSR count). The van der Waals surface area contributed by atoms with Crippen LogP contribution in [0.15, 0.2) is 35.3 Å². The average molecular weight is 545 g/mol. The third kappa shape index (κ3) is 11.7. The van der Waals surface area contributed by atoms with Crippen LogP contribution in [0.5, 0.6) is 0 Å². The second-order valence-electron chi connectivity index (χ2n) is 10.3. The van der Waals surface area contributed by atoms with Gasteiger partial charge in [-0.25, -0.2) is 0 Å². The number of carbonyl (C=O) groups excluding carboxylic acids is 4. The molecule has 1 aliphatic rings. The number of hydrogen-bond donors (Lipinski definition) is 7. The van der Waals surface area contributed by atoms with E-state index in [0.717, 1.165) is 37.7 Å². The third-order valence-electron chi connectivity index (χ3n) is 6.86. The standard InChI is InChI=1S/C27H44N8O4/c1-17(28)24(37)35-22(16-19-11-6-3-7-12-19)26(39)33-20(13-8-14-32-27(30)31)25(38)34-21(23(29)36)15-18-9-4-2-5-10-18/h2,4-5,9-10,17,19-22H,3,6-8,11-16,28H2,1H3,(H2,29,36)(H,33,39)(H,34,38)(H,35,37)(H4,30,31,32)/t17-,20-,21-,22-/m0/s1. The molecule has 0 spiro atoms. The minimum Gasteiger partial charge on any atom is -0.370 e. The van der Waals surface area contributed by atoms with Crippen LogP contribution in [0.25, 0.3) is 0 Å². The van der Waals surface area contributed by atoms with Gasteiger partial charge in [0, 0.05) is 13.0 Å². The molecule has 12 heteroatoms. The van der Waals surface area contributed by atoms with Crippen LogP contribution >= 0.6 is 0 Å². The molecule has 0 radical (unpaired) electrons. The fraction of sp³-hybridized carbons (Fsp3) is 0.593. The second-order valence-corrected chi connectivity index (χ2v) is 10.3. The zero-order valence-corrected chi connectivity index (χ0v) is 22.7. The molecule has 1 saturated carbocycles. The number of guanidine groups is 1. The largest absolute Gasteiger partial charge is 0.370 e. The van der Waals surface area contributed by atoms with Gasteiger partial charge in [0.2, 0.25) is 23.6 Å². The molecule has 0 aliphatic heterocycles. The predicted octanol–water partition coefficient (Wildman–Crippen LogP) is -0.460. The molecule has 1 fully saturated rings. The van der Waals surface area contributed by atoms with Gasteiger partial charge in [-0.05, 0) is 37.7 Å². The number of aliphatic imine (C=N–C) groups is 1. The van der Waals surface area contributed by atoms with Crippen LogP contribution in [0.2, 0.25) is 0 Å². The van der Waals surface area contributed by atoms with Crippen molar-refractivity contribution >= 4 is 29.6 Å². The van der Waals surface area contributed by atoms with E-state index >= 15 is 0 Å². The molecule has 0 aromatic heterocycles. The SMILES string of the molecule is C[C@H](N)C(=O)N[C@@H](CC1CCCCC1)C(=O)N[C@@H](CCCN=C(N)N)C(=O)N[C@@H](Cc1ccccc1)C(N)=O. The molecule has 1 aromatic rings. The molecule has 4 amide bonds. The Labute approximate surface area is 230 Å². The summed E-state index contributed by atoms with van der Waals surface area (Å²) in [5, 5.41) is 8.20. The van der Waals surface area contributed by atoms with Gasteiger partial charge in [-0.2, -0.15) is 0 Å². The van der Waals surface area contributed by atoms with Crippen molar-refractivity contribution in [1.82, 2.24) is 16.0 Å². The summed E-state index contributed by atoms with van der Waals surface area (Å²) in [6, 6.07) is 5.52. The highest BCUT2D eigenvalue weighted by Gasteiger charge is 2.31. The Morgan fingerprint density at radius 3 is 2.05 bits per heavy atom. The smallest absolute Gasteiger partial charge is 0.243 e. The highest BCUT2D eigenvalue weighted by atomic mass is 16.2. The fourth-order valence-electron chi connectivity index (χ4n) is 4.68. The molecule has 4 atom stereocenters. The lowest BCUT2D eigenvalue weighted by molar-refractivity contribution is -0.134. The van der Waals surface area contributed by atoms with Crippen LogP contribution in [0, 0.1) is 5.92 Å². The number of nitrogens with one attached hydrogen (secondary N) is 3. The number of amides is 4. The maximum Gasteiger partial charge on any atom is 0.243 e. The number of nitrogens with two attached hydrogens (primary N) is 4. The van der Waals surface area contributed by atoms with E-state index in [1.54, 1.807) is 6.92 Å². The zero-order valence-electron chi connectivity index (χ0n) is 22.7. The minimum absolute atomic E-state index is 0.0807. The molecule has 216 valence electrons. The zero-order chi connectivity index (χ0) is 28.8. The van der Waals surface area contributed by atoms with Crippen LogP contribution < -0.4 is 38.9 Å². The lowest BCUT2D eigenvalue weighted by atomic mass is 9.84. The summed E-state index contributed by atoms with van der Waals surface area (Å²) >= 11 is 0. The van der Waals surface area contributed by atoms with Crippen molar-refractivity contribution < 1.29 is 19.2 Å². The Morgan fingerprint density at radius 1 is 0.872 bits per heavy atom. The molecule has 1 aromatic carbocycles. The summed E-state index contributed by atoms with van der Waals surface area (Å²) in [6.07, 6.45) is 6.48. The lowest BCUT2D eigenvalue weighted by Gasteiger charge is -2.29. The van der Waals surface area contributed by atoms with Crippen molar-refractivity contribution in [1.29, 1.82) is 0 Å². The molecule has 0 unspecified atom stereocenters. The summed E-state index contributed by atoms with van der Waals surface area (Å²) in [6.45, 7) is 1.79. The van der Waals surface area contributed by atoms with Crippen molar-refractivity contribution in [2.45, 2.75) is 88.9 Å². The number of hydrogen-bond acceptors (Lipinski definition) is 6. The monoisotopic (exact) mass is 544 g/mol.